The molecule has 82 valence electrons. The van der Waals surface area contributed by atoms with Crippen LogP contribution in [0.4, 0.5) is 14.9 Å². The number of aromatic nitrogens is 2. The minimum atomic E-state index is -0.788. The molecule has 5 nitrogen and oxygen atoms in total. The van der Waals surface area contributed by atoms with Gasteiger partial charge < -0.3 is 10.4 Å². The number of rotatable bonds is 1. The Bertz CT molecular complexity index is 511. The zero-order valence-electron chi connectivity index (χ0n) is 8.09. The Morgan fingerprint density at radius 1 is 1.50 bits per heavy atom. The first-order valence-corrected chi connectivity index (χ1v) is 4.44. The molecule has 16 heavy (non-hydrogen) atoms. The Labute approximate surface area is 90.2 Å². The van der Waals surface area contributed by atoms with Crippen LogP contribution in [0.3, 0.4) is 0 Å². The number of anilines is 1. The molecule has 2 rings (SSSR count). The average molecular weight is 221 g/mol. The lowest BCUT2D eigenvalue weighted by molar-refractivity contribution is 0.253. The predicted molar refractivity (Wildman–Crippen MR) is 54.7 cm³/mol. The number of imidazole rings is 1. The molecule has 6 heteroatoms. The first-order valence-electron chi connectivity index (χ1n) is 4.44. The van der Waals surface area contributed by atoms with E-state index >= 15 is 0 Å². The van der Waals surface area contributed by atoms with Crippen LogP contribution in [-0.4, -0.2) is 20.7 Å². The number of halogens is 1. The number of phenolic OH excluding ortho intramolecular Hbond substituents is 1. The molecule has 0 bridgehead atoms. The first-order chi connectivity index (χ1) is 7.66. The van der Waals surface area contributed by atoms with Crippen LogP contribution in [-0.2, 0) is 0 Å². The fourth-order valence-corrected chi connectivity index (χ4v) is 1.15. The molecule has 1 aromatic heterocycles. The van der Waals surface area contributed by atoms with Crippen molar-refractivity contribution in [3.63, 3.8) is 0 Å². The molecule has 1 aromatic carbocycles. The zero-order valence-corrected chi connectivity index (χ0v) is 8.09. The summed E-state index contributed by atoms with van der Waals surface area (Å²) < 4.78 is 14.2. The quantitative estimate of drug-likeness (QED) is 0.721. The van der Waals surface area contributed by atoms with Gasteiger partial charge in [-0.25, -0.2) is 14.2 Å². The number of carbonyl (C=O) groups is 1. The molecule has 0 spiro atoms. The Kier molecular flexibility index (Phi) is 2.55. The van der Waals surface area contributed by atoms with Crippen molar-refractivity contribution in [2.24, 2.45) is 0 Å². The highest BCUT2D eigenvalue weighted by Gasteiger charge is 2.06. The summed E-state index contributed by atoms with van der Waals surface area (Å²) in [7, 11) is 0. The van der Waals surface area contributed by atoms with E-state index in [9.17, 15) is 9.18 Å². The lowest BCUT2D eigenvalue weighted by Gasteiger charge is -2.05. The van der Waals surface area contributed by atoms with Gasteiger partial charge >= 0.3 is 6.03 Å². The van der Waals surface area contributed by atoms with Gasteiger partial charge in [0.05, 0.1) is 0 Å². The standard InChI is InChI=1S/C10H8FN3O2/c11-8-5-7(1-2-9(8)15)13-10(16)14-4-3-12-6-14/h1-6,15H,(H,13,16). The van der Waals surface area contributed by atoms with E-state index in [1.54, 1.807) is 0 Å². The van der Waals surface area contributed by atoms with Crippen LogP contribution in [0.5, 0.6) is 5.75 Å². The van der Waals surface area contributed by atoms with Crippen LogP contribution in [0.1, 0.15) is 0 Å². The van der Waals surface area contributed by atoms with E-state index in [1.807, 2.05) is 0 Å². The molecule has 0 fully saturated rings. The second-order valence-corrected chi connectivity index (χ2v) is 3.07. The zero-order chi connectivity index (χ0) is 11.5. The maximum Gasteiger partial charge on any atom is 0.331 e. The molecule has 2 aromatic rings. The number of hydrogen-bond acceptors (Lipinski definition) is 3. The molecule has 1 amide bonds. The Morgan fingerprint density at radius 3 is 2.94 bits per heavy atom. The molecule has 1 heterocycles. The van der Waals surface area contributed by atoms with Crippen molar-refractivity contribution in [3.05, 3.63) is 42.7 Å². The third kappa shape index (κ3) is 2.00. The van der Waals surface area contributed by atoms with Gasteiger partial charge in [-0.05, 0) is 12.1 Å². The van der Waals surface area contributed by atoms with Gasteiger partial charge in [-0.15, -0.1) is 0 Å². The fraction of sp³-hybridized carbons (Fsp3) is 0. The van der Waals surface area contributed by atoms with Gasteiger partial charge in [-0.3, -0.25) is 4.57 Å². The number of benzene rings is 1. The Balaban J connectivity index is 2.15. The van der Waals surface area contributed by atoms with Crippen LogP contribution in [0.15, 0.2) is 36.9 Å². The van der Waals surface area contributed by atoms with Crippen molar-refractivity contribution in [1.82, 2.24) is 9.55 Å². The number of aromatic hydroxyl groups is 1. The van der Waals surface area contributed by atoms with Crippen LogP contribution in [0, 0.1) is 5.82 Å². The maximum atomic E-state index is 13.0. The second-order valence-electron chi connectivity index (χ2n) is 3.07. The summed E-state index contributed by atoms with van der Waals surface area (Å²) in [5.41, 5.74) is 0.258. The Morgan fingerprint density at radius 2 is 2.31 bits per heavy atom. The summed E-state index contributed by atoms with van der Waals surface area (Å²) in [4.78, 5) is 15.2. The van der Waals surface area contributed by atoms with E-state index < -0.39 is 17.6 Å². The van der Waals surface area contributed by atoms with Gasteiger partial charge in [0.2, 0.25) is 0 Å². The lowest BCUT2D eigenvalue weighted by Crippen LogP contribution is -2.17. The SMILES string of the molecule is O=C(Nc1ccc(O)c(F)c1)n1ccnc1. The third-order valence-electron chi connectivity index (χ3n) is 1.94. The van der Waals surface area contributed by atoms with E-state index in [4.69, 9.17) is 5.11 Å². The van der Waals surface area contributed by atoms with Crippen LogP contribution in [0.25, 0.3) is 0 Å². The summed E-state index contributed by atoms with van der Waals surface area (Å²) in [6, 6.07) is 3.14. The second kappa shape index (κ2) is 4.01. The minimum absolute atomic E-state index is 0.258. The Hall–Kier alpha value is -2.37. The molecule has 0 radical (unpaired) electrons. The number of carbonyl (C=O) groups excluding carboxylic acids is 1. The van der Waals surface area contributed by atoms with Gasteiger partial charge in [0.25, 0.3) is 0 Å². The van der Waals surface area contributed by atoms with E-state index in [1.165, 1.54) is 35.4 Å². The first kappa shape index (κ1) is 10.2. The van der Waals surface area contributed by atoms with E-state index in [0.717, 1.165) is 6.07 Å². The van der Waals surface area contributed by atoms with Gasteiger partial charge in [-0.2, -0.15) is 0 Å². The molecule has 0 saturated heterocycles. The summed E-state index contributed by atoms with van der Waals surface area (Å²) in [5.74, 6) is -1.25. The number of nitrogens with zero attached hydrogens (tertiary/aromatic N) is 2. The average Bonchev–Trinajstić information content (AvgIpc) is 2.77. The molecule has 0 saturated carbocycles. The molecule has 0 aliphatic heterocycles. The van der Waals surface area contributed by atoms with Crippen LogP contribution < -0.4 is 5.32 Å². The minimum Gasteiger partial charge on any atom is -0.505 e. The van der Waals surface area contributed by atoms with Gasteiger partial charge in [-0.1, -0.05) is 0 Å². The maximum absolute atomic E-state index is 13.0. The summed E-state index contributed by atoms with van der Waals surface area (Å²) in [5, 5.41) is 11.4. The van der Waals surface area contributed by atoms with Gasteiger partial charge in [0.15, 0.2) is 11.6 Å². The van der Waals surface area contributed by atoms with Crippen molar-refractivity contribution >= 4 is 11.7 Å². The lowest BCUT2D eigenvalue weighted by atomic mass is 10.3. The largest absolute Gasteiger partial charge is 0.505 e. The predicted octanol–water partition coefficient (Wildman–Crippen LogP) is 1.81. The van der Waals surface area contributed by atoms with Crippen LogP contribution >= 0.6 is 0 Å². The highest BCUT2D eigenvalue weighted by atomic mass is 19.1. The normalized spacial score (nSPS) is 10.1. The van der Waals surface area contributed by atoms with E-state index in [-0.39, 0.29) is 5.69 Å². The van der Waals surface area contributed by atoms with Crippen molar-refractivity contribution < 1.29 is 14.3 Å². The van der Waals surface area contributed by atoms with Gasteiger partial charge in [0.1, 0.15) is 6.33 Å². The monoisotopic (exact) mass is 221 g/mol. The number of phenols is 1. The molecular weight excluding hydrogens is 213 g/mol. The molecule has 0 aliphatic rings. The molecule has 0 atom stereocenters. The number of nitrogens with one attached hydrogen (secondary N) is 1. The van der Waals surface area contributed by atoms with Crippen molar-refractivity contribution in [1.29, 1.82) is 0 Å². The highest BCUT2D eigenvalue weighted by molar-refractivity contribution is 5.90. The molecule has 0 unspecified atom stereocenters. The van der Waals surface area contributed by atoms with Crippen molar-refractivity contribution in [2.75, 3.05) is 5.32 Å². The third-order valence-corrected chi connectivity index (χ3v) is 1.94. The fourth-order valence-electron chi connectivity index (χ4n) is 1.15. The topological polar surface area (TPSA) is 67.2 Å². The summed E-state index contributed by atoms with van der Waals surface area (Å²) >= 11 is 0. The molecule has 0 aliphatic carbocycles. The molecular formula is C10H8FN3O2. The smallest absolute Gasteiger partial charge is 0.331 e. The van der Waals surface area contributed by atoms with E-state index in [0.29, 0.717) is 0 Å². The van der Waals surface area contributed by atoms with Gasteiger partial charge in [0, 0.05) is 24.1 Å². The summed E-state index contributed by atoms with van der Waals surface area (Å²) in [6.45, 7) is 0. The van der Waals surface area contributed by atoms with Crippen molar-refractivity contribution in [3.8, 4) is 5.75 Å². The number of amides is 1. The summed E-state index contributed by atoms with van der Waals surface area (Å²) in [6.07, 6.45) is 4.25. The highest BCUT2D eigenvalue weighted by Crippen LogP contribution is 2.19. The van der Waals surface area contributed by atoms with Crippen molar-refractivity contribution in [2.45, 2.75) is 0 Å². The molecule has 2 N–H and O–H groups in total. The number of hydrogen-bond donors (Lipinski definition) is 2. The van der Waals surface area contributed by atoms with E-state index in [2.05, 4.69) is 10.3 Å². The van der Waals surface area contributed by atoms with Crippen LogP contribution in [0.2, 0.25) is 0 Å².